The Kier molecular flexibility index (Phi) is 63.5. The molecule has 0 aliphatic heterocycles. The van der Waals surface area contributed by atoms with E-state index in [0.29, 0.717) is 26.4 Å². The fourth-order valence-electron chi connectivity index (χ4n) is 10.0. The van der Waals surface area contributed by atoms with Crippen LogP contribution in [0.3, 0.4) is 0 Å². The lowest BCUT2D eigenvalue weighted by molar-refractivity contribution is -0.0484. The van der Waals surface area contributed by atoms with Gasteiger partial charge in [0.2, 0.25) is 0 Å². The summed E-state index contributed by atoms with van der Waals surface area (Å²) < 4.78 is 71.0. The molecule has 0 spiro atoms. The highest BCUT2D eigenvalue weighted by molar-refractivity contribution is 7.47. The highest BCUT2D eigenvalue weighted by Gasteiger charge is 2.29. The van der Waals surface area contributed by atoms with E-state index in [1.54, 1.807) is 0 Å². The van der Waals surface area contributed by atoms with E-state index in [4.69, 9.17) is 37.0 Å². The van der Waals surface area contributed by atoms with E-state index in [2.05, 4.69) is 27.7 Å². The van der Waals surface area contributed by atoms with Gasteiger partial charge < -0.3 is 33.8 Å². The molecule has 13 nitrogen and oxygen atoms in total. The van der Waals surface area contributed by atoms with Crippen molar-refractivity contribution in [1.82, 2.24) is 0 Å². The number of unbranched alkanes of at least 4 members (excludes halogenated alkanes) is 44. The molecule has 0 aliphatic carbocycles. The van der Waals surface area contributed by atoms with Gasteiger partial charge >= 0.3 is 15.6 Å². The van der Waals surface area contributed by atoms with Crippen molar-refractivity contribution in [2.24, 2.45) is 0 Å². The Morgan fingerprint density at radius 3 is 0.675 bits per heavy atom. The molecule has 0 bridgehead atoms. The van der Waals surface area contributed by atoms with Gasteiger partial charge in [-0.1, -0.05) is 310 Å². The average molecular weight is 1190 g/mol. The first-order valence-corrected chi connectivity index (χ1v) is 37.4. The van der Waals surface area contributed by atoms with Crippen LogP contribution in [0.1, 0.15) is 336 Å². The van der Waals surface area contributed by atoms with Gasteiger partial charge in [-0.05, 0) is 25.7 Å². The second-order valence-electron chi connectivity index (χ2n) is 23.5. The number of phosphoric acid groups is 2. The first-order valence-electron chi connectivity index (χ1n) is 34.4. The zero-order valence-corrected chi connectivity index (χ0v) is 54.9. The van der Waals surface area contributed by atoms with E-state index in [0.717, 1.165) is 64.2 Å². The molecule has 482 valence electrons. The zero-order chi connectivity index (χ0) is 58.4. The third kappa shape index (κ3) is 62.5. The topological polar surface area (TPSA) is 169 Å². The molecule has 0 aromatic carbocycles. The minimum atomic E-state index is -4.64. The quantitative estimate of drug-likeness (QED) is 0.0389. The monoisotopic (exact) mass is 1180 g/mol. The molecule has 0 amide bonds. The van der Waals surface area contributed by atoms with Crippen LogP contribution in [0.4, 0.5) is 0 Å². The van der Waals surface area contributed by atoms with Crippen LogP contribution in [-0.4, -0.2) is 99.3 Å². The fourth-order valence-corrected chi connectivity index (χ4v) is 11.6. The van der Waals surface area contributed by atoms with Crippen LogP contribution in [0.25, 0.3) is 0 Å². The smallest absolute Gasteiger partial charge is 0.388 e. The second kappa shape index (κ2) is 63.5. The number of phosphoric ester groups is 2. The summed E-state index contributed by atoms with van der Waals surface area (Å²) in [5, 5.41) is 10.6. The van der Waals surface area contributed by atoms with Gasteiger partial charge in [-0.2, -0.15) is 0 Å². The lowest BCUT2D eigenvalue weighted by atomic mass is 10.1. The van der Waals surface area contributed by atoms with Crippen LogP contribution < -0.4 is 0 Å². The van der Waals surface area contributed by atoms with Gasteiger partial charge in [0.15, 0.2) is 0 Å². The highest BCUT2D eigenvalue weighted by atomic mass is 31.2. The molecule has 0 heterocycles. The molecule has 2 unspecified atom stereocenters. The van der Waals surface area contributed by atoms with E-state index in [-0.39, 0.29) is 26.4 Å². The summed E-state index contributed by atoms with van der Waals surface area (Å²) in [4.78, 5) is 21.1. The summed E-state index contributed by atoms with van der Waals surface area (Å²) in [5.41, 5.74) is 0. The van der Waals surface area contributed by atoms with Crippen molar-refractivity contribution in [3.63, 3.8) is 0 Å². The van der Waals surface area contributed by atoms with Crippen LogP contribution >= 0.6 is 15.6 Å². The molecular weight excluding hydrogens is 1050 g/mol. The summed E-state index contributed by atoms with van der Waals surface area (Å²) in [6, 6.07) is 0. The summed E-state index contributed by atoms with van der Waals surface area (Å²) in [6.45, 7) is 9.77. The molecule has 80 heavy (non-hydrogen) atoms. The molecule has 3 N–H and O–H groups in total. The Labute approximate surface area is 494 Å². The number of hydrogen-bond acceptors (Lipinski definition) is 11. The van der Waals surface area contributed by atoms with Gasteiger partial charge in [0.1, 0.15) is 18.3 Å². The van der Waals surface area contributed by atoms with Gasteiger partial charge in [0, 0.05) is 26.4 Å². The predicted octanol–water partition coefficient (Wildman–Crippen LogP) is 20.2. The van der Waals surface area contributed by atoms with Crippen molar-refractivity contribution < 1.29 is 61.1 Å². The van der Waals surface area contributed by atoms with Gasteiger partial charge in [-0.25, -0.2) is 9.13 Å². The van der Waals surface area contributed by atoms with Crippen molar-refractivity contribution in [2.75, 3.05) is 66.1 Å². The standard InChI is InChI=1S/C65H134O13P2/c1-5-9-13-17-21-25-29-33-37-41-45-49-53-71-59-64(73-55-51-47-43-39-35-31-27-23-19-15-11-7-3)61-77-79(67,68)75-57-63(66)58-76-80(69,70)78-62-65(74-56-52-48-44-40-36-32-28-24-20-16-12-8-4)60-72-54-50-46-42-38-34-30-26-22-18-14-10-6-2/h63-66H,5-62H2,1-4H3,(H,67,68)(H,69,70)/t64-,65-/m1/s1. The summed E-state index contributed by atoms with van der Waals surface area (Å²) in [5.74, 6) is 0. The van der Waals surface area contributed by atoms with Crippen LogP contribution in [-0.2, 0) is 46.2 Å². The van der Waals surface area contributed by atoms with Gasteiger partial charge in [0.25, 0.3) is 0 Å². The number of hydrogen-bond donors (Lipinski definition) is 3. The molecule has 0 saturated carbocycles. The van der Waals surface area contributed by atoms with Crippen molar-refractivity contribution in [3.05, 3.63) is 0 Å². The van der Waals surface area contributed by atoms with Crippen LogP contribution in [0, 0.1) is 0 Å². The molecule has 15 heteroatoms. The van der Waals surface area contributed by atoms with E-state index in [1.807, 2.05) is 0 Å². The van der Waals surface area contributed by atoms with Crippen LogP contribution in [0.15, 0.2) is 0 Å². The number of aliphatic hydroxyl groups is 1. The van der Waals surface area contributed by atoms with Gasteiger partial charge in [-0.15, -0.1) is 0 Å². The van der Waals surface area contributed by atoms with Crippen molar-refractivity contribution in [1.29, 1.82) is 0 Å². The van der Waals surface area contributed by atoms with Gasteiger partial charge in [-0.3, -0.25) is 18.1 Å². The largest absolute Gasteiger partial charge is 0.472 e. The van der Waals surface area contributed by atoms with Gasteiger partial charge in [0.05, 0.1) is 39.6 Å². The molecule has 0 fully saturated rings. The maximum Gasteiger partial charge on any atom is 0.472 e. The Morgan fingerprint density at radius 2 is 0.450 bits per heavy atom. The maximum atomic E-state index is 13.0. The van der Waals surface area contributed by atoms with E-state index in [9.17, 15) is 24.0 Å². The lowest BCUT2D eigenvalue weighted by Gasteiger charge is -2.22. The van der Waals surface area contributed by atoms with Crippen molar-refractivity contribution in [2.45, 2.75) is 354 Å². The molecule has 0 radical (unpaired) electrons. The number of rotatable bonds is 70. The summed E-state index contributed by atoms with van der Waals surface area (Å²) in [6.07, 6.45) is 57.4. The van der Waals surface area contributed by atoms with Crippen LogP contribution in [0.5, 0.6) is 0 Å². The normalized spacial score (nSPS) is 14.6. The first-order chi connectivity index (χ1) is 39.1. The van der Waals surface area contributed by atoms with Crippen molar-refractivity contribution in [3.8, 4) is 0 Å². The number of aliphatic hydroxyl groups excluding tert-OH is 1. The predicted molar refractivity (Wildman–Crippen MR) is 335 cm³/mol. The summed E-state index contributed by atoms with van der Waals surface area (Å²) in [7, 11) is -9.28. The molecule has 0 aromatic rings. The molecule has 0 aromatic heterocycles. The fraction of sp³-hybridized carbons (Fsp3) is 1.00. The Balaban J connectivity index is 4.91. The first kappa shape index (κ1) is 80.0. The Hall–Kier alpha value is 0.0200. The molecule has 0 aliphatic rings. The minimum Gasteiger partial charge on any atom is -0.388 e. The van der Waals surface area contributed by atoms with E-state index < -0.39 is 47.2 Å². The number of ether oxygens (including phenoxy) is 4. The van der Waals surface area contributed by atoms with Crippen LogP contribution in [0.2, 0.25) is 0 Å². The highest BCUT2D eigenvalue weighted by Crippen LogP contribution is 2.45. The Morgan fingerprint density at radius 1 is 0.263 bits per heavy atom. The van der Waals surface area contributed by atoms with E-state index >= 15 is 0 Å². The molecule has 0 saturated heterocycles. The third-order valence-electron chi connectivity index (χ3n) is 15.3. The molecular formula is C65H134O13P2. The minimum absolute atomic E-state index is 0.218. The molecule has 4 atom stereocenters. The average Bonchev–Trinajstić information content (AvgIpc) is 3.45. The second-order valence-corrected chi connectivity index (χ2v) is 26.4. The lowest BCUT2D eigenvalue weighted by Crippen LogP contribution is -2.27. The SMILES string of the molecule is CCCCCCCCCCCCCCOC[C@H](COP(=O)(O)OCC(O)COP(=O)(O)OC[C@@H](COCCCCCCCCCCCCCC)OCCCCCCCCCCCCCC)OCCCCCCCCCCCCCC. The maximum absolute atomic E-state index is 13.0. The Bertz CT molecular complexity index is 1210. The van der Waals surface area contributed by atoms with Crippen molar-refractivity contribution >= 4 is 15.6 Å². The summed E-state index contributed by atoms with van der Waals surface area (Å²) >= 11 is 0. The molecule has 0 rings (SSSR count). The van der Waals surface area contributed by atoms with E-state index in [1.165, 1.54) is 244 Å². The third-order valence-corrected chi connectivity index (χ3v) is 17.2. The zero-order valence-electron chi connectivity index (χ0n) is 53.1.